The topological polar surface area (TPSA) is 80.9 Å². The van der Waals surface area contributed by atoms with Gasteiger partial charge in [0.2, 0.25) is 11.8 Å². The first-order chi connectivity index (χ1) is 13.6. The molecule has 6 nitrogen and oxygen atoms in total. The monoisotopic (exact) mass is 374 g/mol. The zero-order chi connectivity index (χ0) is 19.5. The van der Waals surface area contributed by atoms with Crippen LogP contribution < -0.4 is 5.32 Å². The summed E-state index contributed by atoms with van der Waals surface area (Å²) in [6.07, 6.45) is 3.13. The third-order valence-corrected chi connectivity index (χ3v) is 4.05. The van der Waals surface area contributed by atoms with Crippen molar-refractivity contribution in [1.82, 2.24) is 15.2 Å². The van der Waals surface area contributed by atoms with E-state index in [1.807, 2.05) is 24.3 Å². The zero-order valence-corrected chi connectivity index (χ0v) is 14.9. The summed E-state index contributed by atoms with van der Waals surface area (Å²) in [6.45, 7) is 1.71. The van der Waals surface area contributed by atoms with Crippen LogP contribution in [0.3, 0.4) is 0 Å². The van der Waals surface area contributed by atoms with E-state index in [4.69, 9.17) is 4.42 Å². The predicted molar refractivity (Wildman–Crippen MR) is 102 cm³/mol. The number of pyridine rings is 1. The first kappa shape index (κ1) is 17.5. The Kier molecular flexibility index (Phi) is 4.63. The molecule has 0 unspecified atom stereocenters. The number of hydrogen-bond donors (Lipinski definition) is 1. The lowest BCUT2D eigenvalue weighted by Crippen LogP contribution is -2.12. The van der Waals surface area contributed by atoms with Gasteiger partial charge in [-0.05, 0) is 53.6 Å². The Hall–Kier alpha value is -3.87. The molecule has 7 heteroatoms. The van der Waals surface area contributed by atoms with Gasteiger partial charge in [-0.25, -0.2) is 4.39 Å². The van der Waals surface area contributed by atoms with Crippen molar-refractivity contribution in [3.63, 3.8) is 0 Å². The maximum atomic E-state index is 14.2. The highest BCUT2D eigenvalue weighted by Gasteiger charge is 2.12. The fraction of sp³-hybridized carbons (Fsp3) is 0.0476. The number of aryl methyl sites for hydroxylation is 1. The normalized spacial score (nSPS) is 10.6. The van der Waals surface area contributed by atoms with Gasteiger partial charge in [0.1, 0.15) is 5.82 Å². The Morgan fingerprint density at radius 1 is 1.00 bits per heavy atom. The smallest absolute Gasteiger partial charge is 0.255 e. The molecule has 1 amide bonds. The quantitative estimate of drug-likeness (QED) is 0.569. The van der Waals surface area contributed by atoms with Gasteiger partial charge in [-0.2, -0.15) is 0 Å². The predicted octanol–water partition coefficient (Wildman–Crippen LogP) is 4.50. The molecular formula is C21H15FN4O2. The number of nitrogens with one attached hydrogen (secondary N) is 1. The summed E-state index contributed by atoms with van der Waals surface area (Å²) in [6, 6.07) is 14.9. The van der Waals surface area contributed by atoms with Gasteiger partial charge in [0.05, 0.1) is 11.9 Å². The largest absolute Gasteiger partial charge is 0.421 e. The van der Waals surface area contributed by atoms with Crippen LogP contribution in [0, 0.1) is 12.7 Å². The number of carbonyl (C=O) groups excluding carboxylic acids is 1. The summed E-state index contributed by atoms with van der Waals surface area (Å²) in [7, 11) is 0. The summed E-state index contributed by atoms with van der Waals surface area (Å²) in [4.78, 5) is 16.4. The molecule has 138 valence electrons. The van der Waals surface area contributed by atoms with E-state index in [0.29, 0.717) is 28.6 Å². The Labute approximate surface area is 160 Å². The van der Waals surface area contributed by atoms with E-state index >= 15 is 0 Å². The molecule has 2 aromatic heterocycles. The van der Waals surface area contributed by atoms with Crippen LogP contribution in [-0.4, -0.2) is 21.1 Å². The Morgan fingerprint density at radius 3 is 2.61 bits per heavy atom. The molecule has 0 saturated carbocycles. The minimum atomic E-state index is -0.507. The number of nitrogens with zero attached hydrogens (tertiary/aromatic N) is 3. The van der Waals surface area contributed by atoms with Gasteiger partial charge in [-0.15, -0.1) is 10.2 Å². The number of benzene rings is 2. The van der Waals surface area contributed by atoms with E-state index in [9.17, 15) is 9.18 Å². The average molecular weight is 374 g/mol. The van der Waals surface area contributed by atoms with E-state index < -0.39 is 11.7 Å². The fourth-order valence-corrected chi connectivity index (χ4v) is 2.77. The number of carbonyl (C=O) groups is 1. The SMILES string of the molecule is Cc1nnc(-c2cccc(-c3cc(F)cc(C(=O)Nc4cccnc4)c3)c2)o1. The molecule has 2 heterocycles. The summed E-state index contributed by atoms with van der Waals surface area (Å²) in [5.41, 5.74) is 2.74. The third-order valence-electron chi connectivity index (χ3n) is 4.05. The van der Waals surface area contributed by atoms with Gasteiger partial charge in [-0.1, -0.05) is 12.1 Å². The molecular weight excluding hydrogens is 359 g/mol. The van der Waals surface area contributed by atoms with Crippen molar-refractivity contribution in [3.8, 4) is 22.6 Å². The molecule has 0 spiro atoms. The van der Waals surface area contributed by atoms with Crippen LogP contribution in [0.2, 0.25) is 0 Å². The minimum absolute atomic E-state index is 0.206. The van der Waals surface area contributed by atoms with Crippen LogP contribution in [0.4, 0.5) is 10.1 Å². The van der Waals surface area contributed by atoms with Crippen LogP contribution in [-0.2, 0) is 0 Å². The maximum Gasteiger partial charge on any atom is 0.255 e. The van der Waals surface area contributed by atoms with E-state index in [1.165, 1.54) is 18.3 Å². The second kappa shape index (κ2) is 7.40. The summed E-state index contributed by atoms with van der Waals surface area (Å²) < 4.78 is 19.7. The van der Waals surface area contributed by atoms with Crippen LogP contribution in [0.25, 0.3) is 22.6 Å². The summed E-state index contributed by atoms with van der Waals surface area (Å²) in [5.74, 6) is -0.0869. The van der Waals surface area contributed by atoms with Gasteiger partial charge in [0.25, 0.3) is 5.91 Å². The van der Waals surface area contributed by atoms with Gasteiger partial charge >= 0.3 is 0 Å². The van der Waals surface area contributed by atoms with Crippen molar-refractivity contribution in [2.24, 2.45) is 0 Å². The highest BCUT2D eigenvalue weighted by atomic mass is 19.1. The molecule has 0 aliphatic rings. The third kappa shape index (κ3) is 3.78. The number of amides is 1. The second-order valence-electron chi connectivity index (χ2n) is 6.13. The van der Waals surface area contributed by atoms with Crippen molar-refractivity contribution >= 4 is 11.6 Å². The zero-order valence-electron chi connectivity index (χ0n) is 14.9. The molecule has 0 bridgehead atoms. The Balaban J connectivity index is 1.66. The second-order valence-corrected chi connectivity index (χ2v) is 6.13. The summed E-state index contributed by atoms with van der Waals surface area (Å²) >= 11 is 0. The number of aromatic nitrogens is 3. The Morgan fingerprint density at radius 2 is 1.86 bits per heavy atom. The Bertz CT molecular complexity index is 1140. The molecule has 0 fully saturated rings. The molecule has 28 heavy (non-hydrogen) atoms. The standard InChI is InChI=1S/C21H15FN4O2/c1-13-25-26-21(28-13)15-5-2-4-14(8-15)16-9-17(11-18(22)10-16)20(27)24-19-6-3-7-23-12-19/h2-12H,1H3,(H,24,27). The van der Waals surface area contributed by atoms with Crippen molar-refractivity contribution < 1.29 is 13.6 Å². The van der Waals surface area contributed by atoms with Crippen molar-refractivity contribution in [2.45, 2.75) is 6.92 Å². The van der Waals surface area contributed by atoms with Crippen LogP contribution >= 0.6 is 0 Å². The fourth-order valence-electron chi connectivity index (χ4n) is 2.77. The number of halogens is 1. The van der Waals surface area contributed by atoms with Gasteiger partial charge in [-0.3, -0.25) is 9.78 Å². The lowest BCUT2D eigenvalue weighted by Gasteiger charge is -2.08. The van der Waals surface area contributed by atoms with E-state index in [0.717, 1.165) is 5.56 Å². The van der Waals surface area contributed by atoms with Gasteiger partial charge in [0, 0.05) is 24.2 Å². The molecule has 4 aromatic rings. The first-order valence-electron chi connectivity index (χ1n) is 8.51. The molecule has 0 saturated heterocycles. The molecule has 4 rings (SSSR count). The van der Waals surface area contributed by atoms with Crippen LogP contribution in [0.1, 0.15) is 16.2 Å². The van der Waals surface area contributed by atoms with Crippen LogP contribution in [0.15, 0.2) is 71.4 Å². The van der Waals surface area contributed by atoms with Crippen molar-refractivity contribution in [3.05, 3.63) is 84.3 Å². The lowest BCUT2D eigenvalue weighted by atomic mass is 10.0. The average Bonchev–Trinajstić information content (AvgIpc) is 3.15. The minimum Gasteiger partial charge on any atom is -0.421 e. The lowest BCUT2D eigenvalue weighted by molar-refractivity contribution is 0.102. The molecule has 1 N–H and O–H groups in total. The van der Waals surface area contributed by atoms with E-state index in [-0.39, 0.29) is 5.56 Å². The molecule has 0 radical (unpaired) electrons. The first-order valence-corrected chi connectivity index (χ1v) is 8.51. The number of anilines is 1. The van der Waals surface area contributed by atoms with Crippen molar-refractivity contribution in [2.75, 3.05) is 5.32 Å². The maximum absolute atomic E-state index is 14.2. The molecule has 0 atom stereocenters. The van der Waals surface area contributed by atoms with Gasteiger partial charge < -0.3 is 9.73 Å². The highest BCUT2D eigenvalue weighted by molar-refractivity contribution is 6.04. The van der Waals surface area contributed by atoms with Crippen LogP contribution in [0.5, 0.6) is 0 Å². The summed E-state index contributed by atoms with van der Waals surface area (Å²) in [5, 5.41) is 10.5. The van der Waals surface area contributed by atoms with Crippen molar-refractivity contribution in [1.29, 1.82) is 0 Å². The van der Waals surface area contributed by atoms with Gasteiger partial charge in [0.15, 0.2) is 0 Å². The highest BCUT2D eigenvalue weighted by Crippen LogP contribution is 2.27. The van der Waals surface area contributed by atoms with E-state index in [1.54, 1.807) is 31.3 Å². The molecule has 0 aliphatic carbocycles. The number of rotatable bonds is 4. The van der Waals surface area contributed by atoms with E-state index in [2.05, 4.69) is 20.5 Å². The molecule has 0 aliphatic heterocycles. The molecule has 2 aromatic carbocycles. The number of hydrogen-bond acceptors (Lipinski definition) is 5.